The Morgan fingerprint density at radius 2 is 1.75 bits per heavy atom. The number of β-amino-alcohol motifs (C(OH)–C–C–N with tert-alkyl or cyclic N) is 1. The van der Waals surface area contributed by atoms with Gasteiger partial charge in [0.2, 0.25) is 0 Å². The van der Waals surface area contributed by atoms with Crippen molar-refractivity contribution in [2.75, 3.05) is 19.7 Å². The predicted octanol–water partition coefficient (Wildman–Crippen LogP) is 2.44. The lowest BCUT2D eigenvalue weighted by Gasteiger charge is -2.15. The number of aliphatic hydroxyl groups is 2. The molecule has 5 rings (SSSR count). The molecule has 144 valence electrons. The normalized spacial score (nSPS) is 29.4. The summed E-state index contributed by atoms with van der Waals surface area (Å²) in [5.41, 5.74) is 3.16. The van der Waals surface area contributed by atoms with Gasteiger partial charge in [0.25, 0.3) is 0 Å². The lowest BCUT2D eigenvalue weighted by atomic mass is 9.95. The molecular weight excluding hydrogens is 350 g/mol. The summed E-state index contributed by atoms with van der Waals surface area (Å²) in [5, 5.41) is 25.3. The fourth-order valence-corrected chi connectivity index (χ4v) is 5.20. The summed E-state index contributed by atoms with van der Waals surface area (Å²) in [6, 6.07) is 20.4. The predicted molar refractivity (Wildman–Crippen MR) is 107 cm³/mol. The zero-order chi connectivity index (χ0) is 19.1. The Balaban J connectivity index is 1.32. The molecular formula is C23H25N3O2. The number of benzene rings is 2. The third-order valence-electron chi connectivity index (χ3n) is 6.53. The highest BCUT2D eigenvalue weighted by atomic mass is 16.3. The molecule has 1 spiro atoms. The highest BCUT2D eigenvalue weighted by molar-refractivity contribution is 5.37. The fraction of sp³-hybridized carbons (Fsp3) is 0.348. The van der Waals surface area contributed by atoms with Crippen LogP contribution in [0.1, 0.15) is 17.0 Å². The second-order valence-electron chi connectivity index (χ2n) is 8.10. The summed E-state index contributed by atoms with van der Waals surface area (Å²) < 4.78 is 1.89. The molecule has 2 heterocycles. The van der Waals surface area contributed by atoms with Crippen molar-refractivity contribution in [1.82, 2.24) is 14.7 Å². The van der Waals surface area contributed by atoms with E-state index in [1.807, 2.05) is 59.4 Å². The molecule has 0 bridgehead atoms. The van der Waals surface area contributed by atoms with Gasteiger partial charge in [-0.3, -0.25) is 4.90 Å². The minimum Gasteiger partial charge on any atom is -0.396 e. The largest absolute Gasteiger partial charge is 0.396 e. The Bertz CT molecular complexity index is 943. The Morgan fingerprint density at radius 3 is 2.46 bits per heavy atom. The van der Waals surface area contributed by atoms with Crippen molar-refractivity contribution in [2.24, 2.45) is 11.3 Å². The van der Waals surface area contributed by atoms with Crippen LogP contribution in [-0.4, -0.2) is 50.7 Å². The SMILES string of the molecule is OC[C@@H]1[C@@H](c2ccccc2)[C@]12CN(Cc1cnn(-c3ccccc3)c1)C[C@@H]2O. The van der Waals surface area contributed by atoms with Gasteiger partial charge in [0, 0.05) is 43.4 Å². The lowest BCUT2D eigenvalue weighted by Crippen LogP contribution is -2.23. The fourth-order valence-electron chi connectivity index (χ4n) is 5.20. The first kappa shape index (κ1) is 17.6. The van der Waals surface area contributed by atoms with Gasteiger partial charge in [-0.2, -0.15) is 5.10 Å². The monoisotopic (exact) mass is 375 g/mol. The van der Waals surface area contributed by atoms with Crippen molar-refractivity contribution in [3.8, 4) is 5.69 Å². The molecule has 5 heteroatoms. The number of likely N-dealkylation sites (tertiary alicyclic amines) is 1. The molecule has 1 aliphatic carbocycles. The van der Waals surface area contributed by atoms with Gasteiger partial charge in [0.1, 0.15) is 0 Å². The maximum Gasteiger partial charge on any atom is 0.0745 e. The van der Waals surface area contributed by atoms with Crippen LogP contribution in [0.25, 0.3) is 5.69 Å². The van der Waals surface area contributed by atoms with Crippen molar-refractivity contribution in [1.29, 1.82) is 0 Å². The van der Waals surface area contributed by atoms with Crippen molar-refractivity contribution >= 4 is 0 Å². The van der Waals surface area contributed by atoms with Gasteiger partial charge in [-0.15, -0.1) is 0 Å². The average Bonchev–Trinajstić information content (AvgIpc) is 2.97. The average molecular weight is 375 g/mol. The molecule has 1 saturated heterocycles. The van der Waals surface area contributed by atoms with Crippen LogP contribution < -0.4 is 0 Å². The summed E-state index contributed by atoms with van der Waals surface area (Å²) in [6.07, 6.45) is 3.53. The molecule has 28 heavy (non-hydrogen) atoms. The van der Waals surface area contributed by atoms with E-state index in [1.165, 1.54) is 5.56 Å². The summed E-state index contributed by atoms with van der Waals surface area (Å²) in [5.74, 6) is 0.354. The molecule has 2 aliphatic rings. The van der Waals surface area contributed by atoms with E-state index < -0.39 is 6.10 Å². The van der Waals surface area contributed by atoms with Gasteiger partial charge in [-0.25, -0.2) is 4.68 Å². The van der Waals surface area contributed by atoms with Crippen LogP contribution in [0.2, 0.25) is 0 Å². The van der Waals surface area contributed by atoms with Crippen LogP contribution in [0.5, 0.6) is 0 Å². The Labute approximate surface area is 164 Å². The maximum atomic E-state index is 10.9. The third kappa shape index (κ3) is 2.78. The first-order valence-corrected chi connectivity index (χ1v) is 9.87. The number of aliphatic hydroxyl groups excluding tert-OH is 2. The number of aromatic nitrogens is 2. The van der Waals surface area contributed by atoms with Gasteiger partial charge in [0.15, 0.2) is 0 Å². The van der Waals surface area contributed by atoms with Crippen LogP contribution in [0, 0.1) is 11.3 Å². The minimum absolute atomic E-state index is 0.121. The van der Waals surface area contributed by atoms with Gasteiger partial charge >= 0.3 is 0 Å². The smallest absolute Gasteiger partial charge is 0.0745 e. The summed E-state index contributed by atoms with van der Waals surface area (Å²) in [4.78, 5) is 2.29. The Hall–Kier alpha value is -2.47. The lowest BCUT2D eigenvalue weighted by molar-refractivity contribution is 0.111. The number of hydrogen-bond donors (Lipinski definition) is 2. The van der Waals surface area contributed by atoms with E-state index in [2.05, 4.69) is 28.3 Å². The molecule has 1 saturated carbocycles. The summed E-state index contributed by atoms with van der Waals surface area (Å²) >= 11 is 0. The second kappa shape index (κ2) is 6.85. The number of nitrogens with zero attached hydrogens (tertiary/aromatic N) is 3. The van der Waals surface area contributed by atoms with E-state index in [0.29, 0.717) is 6.54 Å². The molecule has 5 nitrogen and oxygen atoms in total. The van der Waals surface area contributed by atoms with Crippen molar-refractivity contribution in [3.63, 3.8) is 0 Å². The van der Waals surface area contributed by atoms with E-state index in [0.717, 1.165) is 24.3 Å². The minimum atomic E-state index is -0.418. The van der Waals surface area contributed by atoms with E-state index in [1.54, 1.807) is 0 Å². The van der Waals surface area contributed by atoms with Crippen LogP contribution in [0.3, 0.4) is 0 Å². The van der Waals surface area contributed by atoms with Crippen LogP contribution in [0.15, 0.2) is 73.1 Å². The topological polar surface area (TPSA) is 61.5 Å². The van der Waals surface area contributed by atoms with Crippen LogP contribution in [-0.2, 0) is 6.54 Å². The Morgan fingerprint density at radius 1 is 1.04 bits per heavy atom. The van der Waals surface area contributed by atoms with Crippen molar-refractivity contribution in [2.45, 2.75) is 18.6 Å². The number of rotatable bonds is 5. The third-order valence-corrected chi connectivity index (χ3v) is 6.53. The van der Waals surface area contributed by atoms with Gasteiger partial charge in [0.05, 0.1) is 18.0 Å². The van der Waals surface area contributed by atoms with Gasteiger partial charge < -0.3 is 10.2 Å². The van der Waals surface area contributed by atoms with Crippen molar-refractivity contribution < 1.29 is 10.2 Å². The quantitative estimate of drug-likeness (QED) is 0.719. The molecule has 1 aromatic heterocycles. The molecule has 0 unspecified atom stereocenters. The summed E-state index contributed by atoms with van der Waals surface area (Å²) in [7, 11) is 0. The van der Waals surface area contributed by atoms with Gasteiger partial charge in [-0.1, -0.05) is 48.5 Å². The molecule has 1 aliphatic heterocycles. The zero-order valence-electron chi connectivity index (χ0n) is 15.7. The van der Waals surface area contributed by atoms with Crippen LogP contribution in [0.4, 0.5) is 0 Å². The molecule has 2 N–H and O–H groups in total. The van der Waals surface area contributed by atoms with E-state index >= 15 is 0 Å². The molecule has 0 radical (unpaired) electrons. The standard InChI is InChI=1S/C23H25N3O2/c27-15-20-22(18-7-3-1-4-8-18)23(20)16-25(14-21(23)28)12-17-11-24-26(13-17)19-9-5-2-6-10-19/h1-11,13,20-22,27-28H,12,14-16H2/t20-,21+,22-,23-/m1/s1. The van der Waals surface area contributed by atoms with Gasteiger partial charge in [-0.05, 0) is 29.5 Å². The first-order valence-electron chi connectivity index (χ1n) is 9.87. The van der Waals surface area contributed by atoms with Crippen LogP contribution >= 0.6 is 0 Å². The number of para-hydroxylation sites is 1. The molecule has 0 amide bonds. The highest BCUT2D eigenvalue weighted by Crippen LogP contribution is 2.68. The molecule has 3 aromatic rings. The van der Waals surface area contributed by atoms with E-state index in [4.69, 9.17) is 0 Å². The second-order valence-corrected chi connectivity index (χ2v) is 8.10. The molecule has 4 atom stereocenters. The zero-order valence-corrected chi connectivity index (χ0v) is 15.7. The summed E-state index contributed by atoms with van der Waals surface area (Å²) in [6.45, 7) is 2.31. The van der Waals surface area contributed by atoms with E-state index in [-0.39, 0.29) is 23.9 Å². The van der Waals surface area contributed by atoms with E-state index in [9.17, 15) is 10.2 Å². The highest BCUT2D eigenvalue weighted by Gasteiger charge is 2.70. The maximum absolute atomic E-state index is 10.9. The first-order chi connectivity index (χ1) is 13.7. The number of hydrogen-bond acceptors (Lipinski definition) is 4. The molecule has 2 fully saturated rings. The van der Waals surface area contributed by atoms with Crippen molar-refractivity contribution in [3.05, 3.63) is 84.2 Å². The Kier molecular flexibility index (Phi) is 4.31. The molecule has 2 aromatic carbocycles.